The van der Waals surface area contributed by atoms with Gasteiger partial charge in [0.05, 0.1) is 18.1 Å². The fraction of sp³-hybridized carbons (Fsp3) is 0.344. The van der Waals surface area contributed by atoms with Gasteiger partial charge in [0.15, 0.2) is 5.43 Å². The highest BCUT2D eigenvalue weighted by molar-refractivity contribution is 5.82. The summed E-state index contributed by atoms with van der Waals surface area (Å²) < 4.78 is 17.3. The van der Waals surface area contributed by atoms with Crippen molar-refractivity contribution in [3.63, 3.8) is 0 Å². The van der Waals surface area contributed by atoms with Gasteiger partial charge in [-0.2, -0.15) is 0 Å². The summed E-state index contributed by atoms with van der Waals surface area (Å²) in [7, 11) is 1.62. The Bertz CT molecular complexity index is 1380. The lowest BCUT2D eigenvalue weighted by Crippen LogP contribution is -2.41. The van der Waals surface area contributed by atoms with Gasteiger partial charge in [-0.05, 0) is 73.7 Å². The summed E-state index contributed by atoms with van der Waals surface area (Å²) in [6.45, 7) is 6.33. The van der Waals surface area contributed by atoms with Crippen molar-refractivity contribution in [2.75, 3.05) is 26.7 Å². The van der Waals surface area contributed by atoms with E-state index in [0.29, 0.717) is 28.2 Å². The van der Waals surface area contributed by atoms with Crippen LogP contribution in [0.15, 0.2) is 88.3 Å². The van der Waals surface area contributed by atoms with Gasteiger partial charge < -0.3 is 13.9 Å². The van der Waals surface area contributed by atoms with Gasteiger partial charge in [-0.25, -0.2) is 0 Å². The van der Waals surface area contributed by atoms with Crippen molar-refractivity contribution in [2.45, 2.75) is 39.0 Å². The van der Waals surface area contributed by atoms with Crippen LogP contribution in [0.25, 0.3) is 22.1 Å². The molecule has 2 heterocycles. The second kappa shape index (κ2) is 12.3. The Morgan fingerprint density at radius 3 is 2.45 bits per heavy atom. The number of hydrogen-bond donors (Lipinski definition) is 1. The molecule has 1 aliphatic rings. The molecule has 0 radical (unpaired) electrons. The van der Waals surface area contributed by atoms with Crippen LogP contribution in [0.4, 0.5) is 0 Å². The van der Waals surface area contributed by atoms with Crippen LogP contribution < -0.4 is 20.2 Å². The molecule has 6 heteroatoms. The molecule has 1 saturated heterocycles. The van der Waals surface area contributed by atoms with Crippen LogP contribution in [0.1, 0.15) is 31.7 Å². The van der Waals surface area contributed by atoms with Gasteiger partial charge in [0.25, 0.3) is 0 Å². The van der Waals surface area contributed by atoms with Gasteiger partial charge in [0, 0.05) is 19.2 Å². The normalized spacial score (nSPS) is 15.4. The van der Waals surface area contributed by atoms with Crippen molar-refractivity contribution in [3.8, 4) is 22.6 Å². The maximum absolute atomic E-state index is 13.1. The molecule has 5 rings (SSSR count). The number of fused-ring (bicyclic) bond motifs is 1. The molecule has 3 aromatic carbocycles. The lowest BCUT2D eigenvalue weighted by Gasteiger charge is -2.33. The quantitative estimate of drug-likeness (QED) is 0.260. The maximum Gasteiger partial charge on any atom is 0.200 e. The average molecular weight is 513 g/mol. The summed E-state index contributed by atoms with van der Waals surface area (Å²) in [5, 5.41) is 4.14. The summed E-state index contributed by atoms with van der Waals surface area (Å²) >= 11 is 0. The molecular formula is C32H36N2O4. The van der Waals surface area contributed by atoms with E-state index < -0.39 is 0 Å². The molecule has 1 aliphatic heterocycles. The Kier molecular flexibility index (Phi) is 8.41. The van der Waals surface area contributed by atoms with Gasteiger partial charge in [-0.3, -0.25) is 15.0 Å². The number of rotatable bonds is 10. The number of ether oxygens (including phenoxy) is 2. The number of likely N-dealkylation sites (tertiary alicyclic amines) is 1. The Morgan fingerprint density at radius 1 is 1.00 bits per heavy atom. The number of nitrogens with zero attached hydrogens (tertiary/aromatic N) is 1. The van der Waals surface area contributed by atoms with E-state index in [2.05, 4.69) is 47.5 Å². The van der Waals surface area contributed by atoms with E-state index >= 15 is 0 Å². The van der Waals surface area contributed by atoms with E-state index in [1.165, 1.54) is 24.7 Å². The lowest BCUT2D eigenvalue weighted by atomic mass is 9.96. The molecule has 0 aliphatic carbocycles. The first-order chi connectivity index (χ1) is 18.6. The minimum Gasteiger partial charge on any atom is -0.497 e. The summed E-state index contributed by atoms with van der Waals surface area (Å²) in [4.78, 5) is 15.7. The van der Waals surface area contributed by atoms with Gasteiger partial charge in [0.2, 0.25) is 0 Å². The molecule has 1 unspecified atom stereocenters. The summed E-state index contributed by atoms with van der Waals surface area (Å²) in [6.07, 6.45) is 4.64. The van der Waals surface area contributed by atoms with Crippen LogP contribution in [0, 0.1) is 5.92 Å². The van der Waals surface area contributed by atoms with Crippen LogP contribution in [-0.4, -0.2) is 37.9 Å². The topological polar surface area (TPSA) is 63.9 Å². The third-order valence-corrected chi connectivity index (χ3v) is 7.39. The highest BCUT2D eigenvalue weighted by atomic mass is 16.5. The molecule has 1 fully saturated rings. The number of methoxy groups -OCH3 is 1. The van der Waals surface area contributed by atoms with Gasteiger partial charge >= 0.3 is 0 Å². The number of benzene rings is 3. The molecule has 0 saturated carbocycles. The largest absolute Gasteiger partial charge is 0.497 e. The zero-order valence-corrected chi connectivity index (χ0v) is 22.2. The second-order valence-corrected chi connectivity index (χ2v) is 9.99. The third-order valence-electron chi connectivity index (χ3n) is 7.39. The Morgan fingerprint density at radius 2 is 1.74 bits per heavy atom. The predicted octanol–water partition coefficient (Wildman–Crippen LogP) is 6.09. The van der Waals surface area contributed by atoms with Crippen molar-refractivity contribution in [1.29, 1.82) is 0 Å². The third kappa shape index (κ3) is 6.26. The molecule has 4 aromatic rings. The van der Waals surface area contributed by atoms with E-state index in [4.69, 9.17) is 13.9 Å². The van der Waals surface area contributed by atoms with Crippen LogP contribution >= 0.6 is 0 Å². The smallest absolute Gasteiger partial charge is 0.200 e. The zero-order valence-electron chi connectivity index (χ0n) is 22.2. The van der Waals surface area contributed by atoms with Crippen molar-refractivity contribution >= 4 is 11.0 Å². The molecule has 1 atom stereocenters. The fourth-order valence-corrected chi connectivity index (χ4v) is 5.07. The fourth-order valence-electron chi connectivity index (χ4n) is 5.07. The molecule has 198 valence electrons. The maximum atomic E-state index is 13.1. The van der Waals surface area contributed by atoms with Crippen molar-refractivity contribution in [2.24, 2.45) is 5.92 Å². The number of hydrogen-bond acceptors (Lipinski definition) is 6. The highest BCUT2D eigenvalue weighted by Gasteiger charge is 2.20. The van der Waals surface area contributed by atoms with Crippen LogP contribution in [0.5, 0.6) is 11.5 Å². The van der Waals surface area contributed by atoms with Crippen molar-refractivity contribution < 1.29 is 13.9 Å². The standard InChI is InChI=1S/C32H36N2O4/c1-3-31(33-20-23-15-17-34(18-16-23)21-24-7-5-4-6-8-24)38-27-13-14-28-30(19-27)37-22-29(32(28)35)25-9-11-26(36-2)12-10-25/h4-14,19,22-23,31,33H,3,15-18,20-21H2,1-2H3. The van der Waals surface area contributed by atoms with Gasteiger partial charge in [-0.15, -0.1) is 0 Å². The van der Waals surface area contributed by atoms with E-state index in [0.717, 1.165) is 43.9 Å². The molecule has 1 aromatic heterocycles. The van der Waals surface area contributed by atoms with E-state index in [1.807, 2.05) is 30.3 Å². The second-order valence-electron chi connectivity index (χ2n) is 9.99. The van der Waals surface area contributed by atoms with Crippen molar-refractivity contribution in [1.82, 2.24) is 10.2 Å². The first kappa shape index (κ1) is 26.0. The van der Waals surface area contributed by atoms with Crippen molar-refractivity contribution in [3.05, 3.63) is 94.8 Å². The SMILES string of the molecule is CCC(NCC1CCN(Cc2ccccc2)CC1)Oc1ccc2c(=O)c(-c3ccc(OC)cc3)coc2c1. The monoisotopic (exact) mass is 512 g/mol. The Labute approximate surface area is 224 Å². The highest BCUT2D eigenvalue weighted by Crippen LogP contribution is 2.25. The first-order valence-electron chi connectivity index (χ1n) is 13.5. The van der Waals surface area contributed by atoms with E-state index in [9.17, 15) is 4.79 Å². The summed E-state index contributed by atoms with van der Waals surface area (Å²) in [5.41, 5.74) is 3.16. The lowest BCUT2D eigenvalue weighted by molar-refractivity contribution is 0.131. The zero-order chi connectivity index (χ0) is 26.3. The summed E-state index contributed by atoms with van der Waals surface area (Å²) in [5.74, 6) is 2.08. The van der Waals surface area contributed by atoms with E-state index in [-0.39, 0.29) is 11.7 Å². The minimum atomic E-state index is -0.0971. The molecular weight excluding hydrogens is 476 g/mol. The molecule has 0 bridgehead atoms. The van der Waals surface area contributed by atoms with Crippen LogP contribution in [0.3, 0.4) is 0 Å². The molecule has 1 N–H and O–H groups in total. The molecule has 0 spiro atoms. The average Bonchev–Trinajstić information content (AvgIpc) is 2.97. The molecule has 38 heavy (non-hydrogen) atoms. The number of nitrogens with one attached hydrogen (secondary N) is 1. The summed E-state index contributed by atoms with van der Waals surface area (Å²) in [6, 6.07) is 23.5. The molecule has 6 nitrogen and oxygen atoms in total. The number of piperidine rings is 1. The first-order valence-corrected chi connectivity index (χ1v) is 13.5. The van der Waals surface area contributed by atoms with Crippen LogP contribution in [0.2, 0.25) is 0 Å². The van der Waals surface area contributed by atoms with Gasteiger partial charge in [-0.1, -0.05) is 49.4 Å². The van der Waals surface area contributed by atoms with Crippen LogP contribution in [-0.2, 0) is 6.54 Å². The predicted molar refractivity (Wildman–Crippen MR) is 152 cm³/mol. The Hall–Kier alpha value is -3.61. The van der Waals surface area contributed by atoms with E-state index in [1.54, 1.807) is 19.2 Å². The molecule has 0 amide bonds. The minimum absolute atomic E-state index is 0.0632. The van der Waals surface area contributed by atoms with Gasteiger partial charge in [0.1, 0.15) is 29.6 Å². The Balaban J connectivity index is 1.16.